The van der Waals surface area contributed by atoms with Crippen LogP contribution in [0.2, 0.25) is 0 Å². The first-order chi connectivity index (χ1) is 17.0. The van der Waals surface area contributed by atoms with Gasteiger partial charge in [0.05, 0.1) is 11.3 Å². The molecule has 35 heavy (non-hydrogen) atoms. The lowest BCUT2D eigenvalue weighted by Crippen LogP contribution is -2.23. The number of hydrogen-bond donors (Lipinski definition) is 1. The van der Waals surface area contributed by atoms with Gasteiger partial charge in [-0.3, -0.25) is 9.78 Å². The third-order valence-corrected chi connectivity index (χ3v) is 5.43. The highest BCUT2D eigenvalue weighted by Crippen LogP contribution is 2.23. The monoisotopic (exact) mass is 479 g/mol. The number of unbranched alkanes of at least 4 members (excludes halogenated alkanes) is 1. The Morgan fingerprint density at radius 3 is 2.00 bits per heavy atom. The maximum atomic E-state index is 12.2. The Kier molecular flexibility index (Phi) is 16.3. The van der Waals surface area contributed by atoms with E-state index in [2.05, 4.69) is 72.7 Å². The van der Waals surface area contributed by atoms with Gasteiger partial charge < -0.3 is 9.84 Å². The van der Waals surface area contributed by atoms with E-state index < -0.39 is 12.1 Å². The number of carbonyl (C=O) groups is 2. The van der Waals surface area contributed by atoms with Crippen LogP contribution in [0.15, 0.2) is 79.1 Å². The van der Waals surface area contributed by atoms with Crippen molar-refractivity contribution in [3.8, 4) is 0 Å². The van der Waals surface area contributed by atoms with Gasteiger partial charge in [0, 0.05) is 18.5 Å². The van der Waals surface area contributed by atoms with Crippen LogP contribution >= 0.6 is 0 Å². The summed E-state index contributed by atoms with van der Waals surface area (Å²) in [6, 6.07) is 3.10. The van der Waals surface area contributed by atoms with E-state index in [1.54, 1.807) is 19.2 Å². The Bertz CT molecular complexity index is 895. The second-order valence-corrected chi connectivity index (χ2v) is 8.33. The molecule has 0 bridgehead atoms. The number of aromatic carboxylic acids is 1. The largest absolute Gasteiger partial charge is 0.478 e. The number of rotatable bonds is 17. The van der Waals surface area contributed by atoms with E-state index in [0.717, 1.165) is 38.5 Å². The van der Waals surface area contributed by atoms with E-state index in [1.165, 1.54) is 6.07 Å². The van der Waals surface area contributed by atoms with Crippen LogP contribution in [0.4, 0.5) is 0 Å². The van der Waals surface area contributed by atoms with Crippen LogP contribution in [-0.4, -0.2) is 28.1 Å². The highest BCUT2D eigenvalue weighted by molar-refractivity contribution is 5.89. The van der Waals surface area contributed by atoms with Gasteiger partial charge in [0.25, 0.3) is 0 Å². The first-order valence-electron chi connectivity index (χ1n) is 12.6. The Hall–Kier alpha value is -3.21. The molecule has 0 saturated carbocycles. The summed E-state index contributed by atoms with van der Waals surface area (Å²) in [5.74, 6) is -1.61. The van der Waals surface area contributed by atoms with Crippen molar-refractivity contribution in [3.05, 3.63) is 90.3 Å². The SMILES string of the molecule is CC/C=C\C/C=C\C/C=C\C/C=C\C/C=C\CCCC(=O)OC(C)C(C)c1ncccc1C(=O)O. The van der Waals surface area contributed by atoms with Gasteiger partial charge in [-0.05, 0) is 64.0 Å². The topological polar surface area (TPSA) is 76.5 Å². The summed E-state index contributed by atoms with van der Waals surface area (Å²) in [5.41, 5.74) is 0.570. The molecule has 2 atom stereocenters. The van der Waals surface area contributed by atoms with Crippen LogP contribution < -0.4 is 0 Å². The number of pyridine rings is 1. The molecule has 190 valence electrons. The summed E-state index contributed by atoms with van der Waals surface area (Å²) in [6.07, 6.45) is 29.5. The number of esters is 1. The molecule has 5 nitrogen and oxygen atoms in total. The van der Waals surface area contributed by atoms with E-state index in [4.69, 9.17) is 4.74 Å². The first kappa shape index (κ1) is 29.8. The summed E-state index contributed by atoms with van der Waals surface area (Å²) in [7, 11) is 0. The average molecular weight is 480 g/mol. The molecule has 0 aliphatic carbocycles. The van der Waals surface area contributed by atoms with Crippen molar-refractivity contribution in [3.63, 3.8) is 0 Å². The summed E-state index contributed by atoms with van der Waals surface area (Å²) < 4.78 is 5.51. The van der Waals surface area contributed by atoms with Gasteiger partial charge in [-0.1, -0.05) is 74.6 Å². The second kappa shape index (κ2) is 19.1. The number of carboxylic acid groups (broad SMARTS) is 1. The number of ether oxygens (including phenoxy) is 1. The molecular weight excluding hydrogens is 438 g/mol. The van der Waals surface area contributed by atoms with Crippen LogP contribution in [0.25, 0.3) is 0 Å². The Balaban J connectivity index is 2.18. The van der Waals surface area contributed by atoms with Gasteiger partial charge in [0.1, 0.15) is 6.10 Å². The summed E-state index contributed by atoms with van der Waals surface area (Å²) >= 11 is 0. The Morgan fingerprint density at radius 2 is 1.46 bits per heavy atom. The van der Waals surface area contributed by atoms with Crippen molar-refractivity contribution in [2.24, 2.45) is 0 Å². The number of hydrogen-bond acceptors (Lipinski definition) is 4. The summed E-state index contributed by atoms with van der Waals surface area (Å²) in [4.78, 5) is 27.7. The molecule has 2 unspecified atom stereocenters. The van der Waals surface area contributed by atoms with Gasteiger partial charge in [-0.25, -0.2) is 4.79 Å². The van der Waals surface area contributed by atoms with Crippen LogP contribution in [-0.2, 0) is 9.53 Å². The number of aromatic nitrogens is 1. The molecule has 0 aromatic carbocycles. The highest BCUT2D eigenvalue weighted by Gasteiger charge is 2.24. The predicted octanol–water partition coefficient (Wildman–Crippen LogP) is 7.74. The second-order valence-electron chi connectivity index (χ2n) is 8.33. The lowest BCUT2D eigenvalue weighted by molar-refractivity contribution is -0.149. The predicted molar refractivity (Wildman–Crippen MR) is 143 cm³/mol. The van der Waals surface area contributed by atoms with E-state index in [9.17, 15) is 14.7 Å². The normalized spacial score (nSPS) is 14.0. The molecule has 0 fully saturated rings. The molecule has 5 heteroatoms. The minimum atomic E-state index is -1.03. The molecule has 0 aliphatic heterocycles. The fourth-order valence-corrected chi connectivity index (χ4v) is 3.28. The minimum Gasteiger partial charge on any atom is -0.478 e. The standard InChI is InChI=1S/C30H41NO4/c1-4-5-6-7-8-9-10-11-12-13-14-15-16-17-18-19-20-23-28(32)35-26(3)25(2)29-27(30(33)34)22-21-24-31-29/h5-6,8-9,11-12,14-15,17-18,21-22,24-26H,4,7,10,13,16,19-20,23H2,1-3H3,(H,33,34)/b6-5-,9-8-,12-11-,15-14-,18-17-. The maximum absolute atomic E-state index is 12.2. The smallest absolute Gasteiger partial charge is 0.337 e. The molecule has 0 amide bonds. The van der Waals surface area contributed by atoms with Crippen LogP contribution in [0.3, 0.4) is 0 Å². The zero-order chi connectivity index (χ0) is 25.7. The van der Waals surface area contributed by atoms with Crippen molar-refractivity contribution >= 4 is 11.9 Å². The third kappa shape index (κ3) is 13.9. The van der Waals surface area contributed by atoms with E-state index in [0.29, 0.717) is 18.5 Å². The van der Waals surface area contributed by atoms with Crippen molar-refractivity contribution in [2.45, 2.75) is 84.2 Å². The lowest BCUT2D eigenvalue weighted by atomic mass is 9.97. The van der Waals surface area contributed by atoms with Gasteiger partial charge in [-0.15, -0.1) is 0 Å². The lowest BCUT2D eigenvalue weighted by Gasteiger charge is -2.21. The van der Waals surface area contributed by atoms with Crippen molar-refractivity contribution < 1.29 is 19.4 Å². The molecule has 0 saturated heterocycles. The zero-order valence-corrected chi connectivity index (χ0v) is 21.4. The molecule has 1 aromatic heterocycles. The fraction of sp³-hybridized carbons (Fsp3) is 0.433. The quantitative estimate of drug-likeness (QED) is 0.140. The first-order valence-corrected chi connectivity index (χ1v) is 12.6. The molecule has 1 heterocycles. The average Bonchev–Trinajstić information content (AvgIpc) is 2.85. The van der Waals surface area contributed by atoms with E-state index in [-0.39, 0.29) is 17.5 Å². The van der Waals surface area contributed by atoms with E-state index in [1.807, 2.05) is 6.92 Å². The Morgan fingerprint density at radius 1 is 0.914 bits per heavy atom. The maximum Gasteiger partial charge on any atom is 0.337 e. The number of allylic oxidation sites excluding steroid dienone is 10. The summed E-state index contributed by atoms with van der Waals surface area (Å²) in [6.45, 7) is 5.73. The van der Waals surface area contributed by atoms with Crippen LogP contribution in [0.1, 0.15) is 94.1 Å². The fourth-order valence-electron chi connectivity index (χ4n) is 3.28. The van der Waals surface area contributed by atoms with Crippen molar-refractivity contribution in [1.29, 1.82) is 0 Å². The van der Waals surface area contributed by atoms with Crippen LogP contribution in [0.5, 0.6) is 0 Å². The minimum absolute atomic E-state index is 0.140. The van der Waals surface area contributed by atoms with Crippen molar-refractivity contribution in [1.82, 2.24) is 4.98 Å². The molecule has 1 rings (SSSR count). The van der Waals surface area contributed by atoms with Crippen molar-refractivity contribution in [2.75, 3.05) is 0 Å². The third-order valence-electron chi connectivity index (χ3n) is 5.43. The zero-order valence-electron chi connectivity index (χ0n) is 21.4. The summed E-state index contributed by atoms with van der Waals surface area (Å²) in [5, 5.41) is 9.33. The Labute approximate surface area is 211 Å². The number of carboxylic acids is 1. The van der Waals surface area contributed by atoms with Gasteiger partial charge in [0.15, 0.2) is 0 Å². The van der Waals surface area contributed by atoms with Gasteiger partial charge in [-0.2, -0.15) is 0 Å². The molecule has 0 aliphatic rings. The molecular formula is C30H41NO4. The highest BCUT2D eigenvalue weighted by atomic mass is 16.5. The number of nitrogens with zero attached hydrogens (tertiary/aromatic N) is 1. The molecule has 1 N–H and O–H groups in total. The van der Waals surface area contributed by atoms with Crippen LogP contribution in [0, 0.1) is 0 Å². The molecule has 0 radical (unpaired) electrons. The van der Waals surface area contributed by atoms with Gasteiger partial charge in [0.2, 0.25) is 0 Å². The molecule has 0 spiro atoms. The molecule has 1 aromatic rings. The van der Waals surface area contributed by atoms with Gasteiger partial charge >= 0.3 is 11.9 Å². The van der Waals surface area contributed by atoms with E-state index >= 15 is 0 Å². The number of carbonyl (C=O) groups excluding carboxylic acids is 1.